The Kier molecular flexibility index (Phi) is 2.74. The summed E-state index contributed by atoms with van der Waals surface area (Å²) in [5.74, 6) is 0. The number of H-pyrrole nitrogens is 1. The minimum atomic E-state index is -3.67. The van der Waals surface area contributed by atoms with Gasteiger partial charge in [0.1, 0.15) is 4.90 Å². The third-order valence-corrected chi connectivity index (χ3v) is 4.57. The van der Waals surface area contributed by atoms with E-state index >= 15 is 0 Å². The monoisotopic (exact) mass is 247 g/mol. The molecule has 1 aromatic heterocycles. The van der Waals surface area contributed by atoms with Gasteiger partial charge in [-0.2, -0.15) is 9.40 Å². The van der Waals surface area contributed by atoms with Crippen LogP contribution in [0.15, 0.2) is 11.1 Å². The van der Waals surface area contributed by atoms with Gasteiger partial charge >= 0.3 is 0 Å². The molecule has 3 N–H and O–H groups in total. The molecule has 1 fully saturated rings. The molecule has 0 radical (unpaired) electrons. The highest BCUT2D eigenvalue weighted by molar-refractivity contribution is 7.89. The second-order valence-electron chi connectivity index (χ2n) is 3.82. The highest BCUT2D eigenvalue weighted by atomic mass is 32.2. The number of sulfonamides is 1. The van der Waals surface area contributed by atoms with E-state index in [1.807, 2.05) is 0 Å². The summed E-state index contributed by atoms with van der Waals surface area (Å²) in [6.45, 7) is 1.42. The summed E-state index contributed by atoms with van der Waals surface area (Å²) in [5.41, 5.74) is 0.441. The minimum absolute atomic E-state index is 0.0776. The van der Waals surface area contributed by atoms with E-state index in [0.717, 1.165) is 4.31 Å². The molecule has 0 saturated carbocycles. The Hall–Kier alpha value is -0.960. The molecule has 1 aromatic rings. The summed E-state index contributed by atoms with van der Waals surface area (Å²) in [6.07, 6.45) is -0.828. The van der Waals surface area contributed by atoms with Crippen LogP contribution in [-0.4, -0.2) is 58.4 Å². The van der Waals surface area contributed by atoms with E-state index in [0.29, 0.717) is 5.69 Å². The van der Waals surface area contributed by atoms with Crippen LogP contribution in [0.4, 0.5) is 0 Å². The van der Waals surface area contributed by atoms with Gasteiger partial charge in [0.25, 0.3) is 0 Å². The second kappa shape index (κ2) is 3.81. The number of hydrogen-bond donors (Lipinski definition) is 3. The van der Waals surface area contributed by atoms with Crippen molar-refractivity contribution in [2.75, 3.05) is 13.1 Å². The van der Waals surface area contributed by atoms with E-state index in [1.54, 1.807) is 6.92 Å². The first-order valence-corrected chi connectivity index (χ1v) is 6.23. The lowest BCUT2D eigenvalue weighted by atomic mass is 10.3. The average molecular weight is 247 g/mol. The van der Waals surface area contributed by atoms with Crippen molar-refractivity contribution >= 4 is 10.0 Å². The van der Waals surface area contributed by atoms with Crippen molar-refractivity contribution in [3.05, 3.63) is 11.9 Å². The molecule has 1 saturated heterocycles. The molecule has 8 heteroatoms. The molecule has 2 rings (SSSR count). The summed E-state index contributed by atoms with van der Waals surface area (Å²) in [4.78, 5) is 0.0776. The molecule has 0 unspecified atom stereocenters. The smallest absolute Gasteiger partial charge is 0.246 e. The van der Waals surface area contributed by atoms with Crippen LogP contribution in [0.2, 0.25) is 0 Å². The van der Waals surface area contributed by atoms with Gasteiger partial charge in [-0.25, -0.2) is 8.42 Å². The van der Waals surface area contributed by atoms with Gasteiger partial charge < -0.3 is 10.2 Å². The van der Waals surface area contributed by atoms with E-state index in [2.05, 4.69) is 10.2 Å². The summed E-state index contributed by atoms with van der Waals surface area (Å²) in [6, 6.07) is 0. The van der Waals surface area contributed by atoms with Gasteiger partial charge in [-0.1, -0.05) is 0 Å². The lowest BCUT2D eigenvalue weighted by molar-refractivity contribution is 0.0572. The molecule has 0 amide bonds. The van der Waals surface area contributed by atoms with E-state index in [-0.39, 0.29) is 18.0 Å². The topological polar surface area (TPSA) is 107 Å². The molecule has 1 aliphatic heterocycles. The number of aryl methyl sites for hydroxylation is 1. The van der Waals surface area contributed by atoms with Crippen molar-refractivity contribution in [1.82, 2.24) is 14.5 Å². The first-order chi connectivity index (χ1) is 7.43. The molecule has 1 aliphatic rings. The Bertz CT molecular complexity index is 473. The van der Waals surface area contributed by atoms with Crippen LogP contribution in [0.1, 0.15) is 5.69 Å². The Morgan fingerprint density at radius 2 is 2.00 bits per heavy atom. The van der Waals surface area contributed by atoms with Crippen LogP contribution in [-0.2, 0) is 10.0 Å². The van der Waals surface area contributed by atoms with Gasteiger partial charge in [-0.05, 0) is 6.92 Å². The van der Waals surface area contributed by atoms with Gasteiger partial charge in [0.05, 0.1) is 24.1 Å². The van der Waals surface area contributed by atoms with Gasteiger partial charge in [0, 0.05) is 13.1 Å². The second-order valence-corrected chi connectivity index (χ2v) is 5.72. The van der Waals surface area contributed by atoms with Crippen molar-refractivity contribution in [2.45, 2.75) is 24.0 Å². The molecule has 16 heavy (non-hydrogen) atoms. The standard InChI is InChI=1S/C8H13N3O4S/c1-5-8(2-9-10-5)16(14,15)11-3-6(12)7(13)4-11/h2,6-7,12-13H,3-4H2,1H3,(H,9,10)/t6-,7+. The van der Waals surface area contributed by atoms with E-state index in [4.69, 9.17) is 0 Å². The van der Waals surface area contributed by atoms with Crippen molar-refractivity contribution in [1.29, 1.82) is 0 Å². The van der Waals surface area contributed by atoms with Gasteiger partial charge in [0.2, 0.25) is 10.0 Å². The number of nitrogens with zero attached hydrogens (tertiary/aromatic N) is 2. The minimum Gasteiger partial charge on any atom is -0.389 e. The molecule has 0 bridgehead atoms. The Morgan fingerprint density at radius 1 is 1.44 bits per heavy atom. The highest BCUT2D eigenvalue weighted by Gasteiger charge is 2.38. The predicted octanol–water partition coefficient (Wildman–Crippen LogP) is -1.56. The predicted molar refractivity (Wildman–Crippen MR) is 54.1 cm³/mol. The summed E-state index contributed by atoms with van der Waals surface area (Å²) in [7, 11) is -3.67. The molecular formula is C8H13N3O4S. The largest absolute Gasteiger partial charge is 0.389 e. The molecule has 0 aliphatic carbocycles. The van der Waals surface area contributed by atoms with E-state index in [1.165, 1.54) is 6.20 Å². The number of nitrogens with one attached hydrogen (secondary N) is 1. The highest BCUT2D eigenvalue weighted by Crippen LogP contribution is 2.22. The van der Waals surface area contributed by atoms with Crippen LogP contribution < -0.4 is 0 Å². The summed E-state index contributed by atoms with van der Waals surface area (Å²) in [5, 5.41) is 24.8. The van der Waals surface area contributed by atoms with E-state index in [9.17, 15) is 18.6 Å². The third kappa shape index (κ3) is 1.73. The number of aliphatic hydroxyl groups is 2. The molecular weight excluding hydrogens is 234 g/mol. The first kappa shape index (κ1) is 11.5. The Morgan fingerprint density at radius 3 is 2.44 bits per heavy atom. The lowest BCUT2D eigenvalue weighted by Gasteiger charge is -2.14. The zero-order valence-electron chi connectivity index (χ0n) is 8.66. The fraction of sp³-hybridized carbons (Fsp3) is 0.625. The molecule has 0 spiro atoms. The maximum Gasteiger partial charge on any atom is 0.246 e. The van der Waals surface area contributed by atoms with Crippen LogP contribution in [0.25, 0.3) is 0 Å². The van der Waals surface area contributed by atoms with Gasteiger partial charge in [0.15, 0.2) is 0 Å². The Labute approximate surface area is 92.8 Å². The quantitative estimate of drug-likeness (QED) is 0.586. The van der Waals surface area contributed by atoms with Gasteiger partial charge in [-0.3, -0.25) is 5.10 Å². The number of rotatable bonds is 2. The zero-order valence-corrected chi connectivity index (χ0v) is 9.48. The van der Waals surface area contributed by atoms with Crippen molar-refractivity contribution in [3.63, 3.8) is 0 Å². The molecule has 7 nitrogen and oxygen atoms in total. The fourth-order valence-electron chi connectivity index (χ4n) is 1.67. The molecule has 2 heterocycles. The maximum atomic E-state index is 12.1. The zero-order chi connectivity index (χ0) is 11.9. The maximum absolute atomic E-state index is 12.1. The first-order valence-electron chi connectivity index (χ1n) is 4.79. The molecule has 0 aromatic carbocycles. The number of aromatic amines is 1. The van der Waals surface area contributed by atoms with Crippen molar-refractivity contribution < 1.29 is 18.6 Å². The van der Waals surface area contributed by atoms with Crippen LogP contribution in [0.5, 0.6) is 0 Å². The van der Waals surface area contributed by atoms with Gasteiger partial charge in [-0.15, -0.1) is 0 Å². The van der Waals surface area contributed by atoms with Crippen molar-refractivity contribution in [2.24, 2.45) is 0 Å². The normalized spacial score (nSPS) is 27.4. The fourth-order valence-corrected chi connectivity index (χ4v) is 3.26. The third-order valence-electron chi connectivity index (χ3n) is 2.63. The number of hydrogen-bond acceptors (Lipinski definition) is 5. The molecule has 2 atom stereocenters. The van der Waals surface area contributed by atoms with E-state index < -0.39 is 22.2 Å². The van der Waals surface area contributed by atoms with Crippen LogP contribution >= 0.6 is 0 Å². The number of β-amino-alcohol motifs (C(OH)–C–C–N with tert-alkyl or cyclic N) is 2. The lowest BCUT2D eigenvalue weighted by Crippen LogP contribution is -2.30. The van der Waals surface area contributed by atoms with Crippen LogP contribution in [0.3, 0.4) is 0 Å². The Balaban J connectivity index is 2.31. The van der Waals surface area contributed by atoms with Crippen LogP contribution in [0, 0.1) is 6.92 Å². The number of aromatic nitrogens is 2. The molecule has 90 valence electrons. The SMILES string of the molecule is Cc1[nH]ncc1S(=O)(=O)N1C[C@@H](O)[C@@H](O)C1. The summed E-state index contributed by atoms with van der Waals surface area (Å²) >= 11 is 0. The number of aliphatic hydroxyl groups excluding tert-OH is 2. The van der Waals surface area contributed by atoms with Crippen molar-refractivity contribution in [3.8, 4) is 0 Å². The average Bonchev–Trinajstić information content (AvgIpc) is 2.75. The summed E-state index contributed by atoms with van der Waals surface area (Å²) < 4.78 is 25.2.